The Morgan fingerprint density at radius 1 is 1.05 bits per heavy atom. The molecule has 0 N–H and O–H groups in total. The first-order valence-electron chi connectivity index (χ1n) is 6.65. The van der Waals surface area contributed by atoms with Gasteiger partial charge in [-0.1, -0.05) is 47.1 Å². The maximum Gasteiger partial charge on any atom is 0.268 e. The van der Waals surface area contributed by atoms with E-state index in [1.807, 2.05) is 37.3 Å². The summed E-state index contributed by atoms with van der Waals surface area (Å²) < 4.78 is 28.2. The first-order chi connectivity index (χ1) is 10.1. The standard InChI is InChI=1S/C16H14BrNO2S/c1-2-12-11-14-15(17)9-6-10-16(14)18(12)21(19,20)13-7-4-3-5-8-13/h3-11H,2H2,1H3. The fraction of sp³-hybridized carbons (Fsp3) is 0.125. The van der Waals surface area contributed by atoms with E-state index in [-0.39, 0.29) is 0 Å². The van der Waals surface area contributed by atoms with E-state index in [4.69, 9.17) is 0 Å². The Bertz CT molecular complexity index is 899. The van der Waals surface area contributed by atoms with Crippen molar-refractivity contribution in [2.24, 2.45) is 0 Å². The molecule has 21 heavy (non-hydrogen) atoms. The Balaban J connectivity index is 2.37. The fourth-order valence-electron chi connectivity index (χ4n) is 2.45. The lowest BCUT2D eigenvalue weighted by Crippen LogP contribution is -2.15. The van der Waals surface area contributed by atoms with Crippen molar-refractivity contribution >= 4 is 36.9 Å². The van der Waals surface area contributed by atoms with Crippen molar-refractivity contribution in [1.29, 1.82) is 0 Å². The smallest absolute Gasteiger partial charge is 0.238 e. The van der Waals surface area contributed by atoms with Gasteiger partial charge in [0, 0.05) is 15.6 Å². The minimum absolute atomic E-state index is 0.303. The summed E-state index contributed by atoms with van der Waals surface area (Å²) in [6.45, 7) is 1.96. The normalized spacial score (nSPS) is 11.9. The van der Waals surface area contributed by atoms with Crippen LogP contribution in [0.5, 0.6) is 0 Å². The fourth-order valence-corrected chi connectivity index (χ4v) is 4.54. The molecule has 5 heteroatoms. The molecule has 3 nitrogen and oxygen atoms in total. The van der Waals surface area contributed by atoms with Gasteiger partial charge in [-0.2, -0.15) is 0 Å². The van der Waals surface area contributed by atoms with Crippen LogP contribution in [0.1, 0.15) is 12.6 Å². The molecule has 0 fully saturated rings. The Hall–Kier alpha value is -1.59. The van der Waals surface area contributed by atoms with Gasteiger partial charge in [-0.25, -0.2) is 12.4 Å². The van der Waals surface area contributed by atoms with Gasteiger partial charge < -0.3 is 0 Å². The molecule has 3 aromatic rings. The third kappa shape index (κ3) is 2.30. The molecule has 0 amide bonds. The largest absolute Gasteiger partial charge is 0.268 e. The minimum Gasteiger partial charge on any atom is -0.238 e. The molecule has 0 atom stereocenters. The number of fused-ring (bicyclic) bond motifs is 1. The molecule has 0 aliphatic heterocycles. The Kier molecular flexibility index (Phi) is 3.63. The molecule has 0 saturated heterocycles. The molecule has 0 radical (unpaired) electrons. The van der Waals surface area contributed by atoms with Crippen LogP contribution in [0.15, 0.2) is 64.0 Å². The lowest BCUT2D eigenvalue weighted by molar-refractivity contribution is 0.587. The average molecular weight is 364 g/mol. The van der Waals surface area contributed by atoms with Crippen molar-refractivity contribution in [3.05, 3.63) is 64.8 Å². The van der Waals surface area contributed by atoms with Crippen molar-refractivity contribution in [3.63, 3.8) is 0 Å². The maximum atomic E-state index is 12.9. The summed E-state index contributed by atoms with van der Waals surface area (Å²) in [6, 6.07) is 16.1. The number of benzene rings is 2. The van der Waals surface area contributed by atoms with Crippen molar-refractivity contribution < 1.29 is 8.42 Å². The minimum atomic E-state index is -3.59. The first kappa shape index (κ1) is 14.4. The van der Waals surface area contributed by atoms with Crippen LogP contribution in [0.2, 0.25) is 0 Å². The van der Waals surface area contributed by atoms with Gasteiger partial charge in [0.2, 0.25) is 0 Å². The number of aromatic nitrogens is 1. The SMILES string of the molecule is CCc1cc2c(Br)cccc2n1S(=O)(=O)c1ccccc1. The summed E-state index contributed by atoms with van der Waals surface area (Å²) in [5.74, 6) is 0. The molecule has 0 bridgehead atoms. The van der Waals surface area contributed by atoms with E-state index in [2.05, 4.69) is 15.9 Å². The Morgan fingerprint density at radius 3 is 2.43 bits per heavy atom. The number of hydrogen-bond donors (Lipinski definition) is 0. The highest BCUT2D eigenvalue weighted by molar-refractivity contribution is 9.10. The van der Waals surface area contributed by atoms with Gasteiger partial charge in [-0.15, -0.1) is 0 Å². The van der Waals surface area contributed by atoms with E-state index >= 15 is 0 Å². The van der Waals surface area contributed by atoms with E-state index in [9.17, 15) is 8.42 Å². The van der Waals surface area contributed by atoms with E-state index in [0.717, 1.165) is 15.6 Å². The van der Waals surface area contributed by atoms with Gasteiger partial charge >= 0.3 is 0 Å². The second kappa shape index (κ2) is 5.31. The zero-order valence-electron chi connectivity index (χ0n) is 11.5. The molecule has 1 heterocycles. The van der Waals surface area contributed by atoms with E-state index in [1.54, 1.807) is 24.3 Å². The summed E-state index contributed by atoms with van der Waals surface area (Å²) in [7, 11) is -3.59. The molecule has 0 aliphatic rings. The highest BCUT2D eigenvalue weighted by Gasteiger charge is 2.22. The Morgan fingerprint density at radius 2 is 1.76 bits per heavy atom. The maximum absolute atomic E-state index is 12.9. The van der Waals surface area contributed by atoms with Crippen molar-refractivity contribution in [2.75, 3.05) is 0 Å². The van der Waals surface area contributed by atoms with Gasteiger partial charge in [0.05, 0.1) is 10.4 Å². The highest BCUT2D eigenvalue weighted by Crippen LogP contribution is 2.30. The average Bonchev–Trinajstić information content (AvgIpc) is 2.89. The van der Waals surface area contributed by atoms with Gasteiger partial charge in [0.15, 0.2) is 0 Å². The van der Waals surface area contributed by atoms with Crippen LogP contribution in [0.3, 0.4) is 0 Å². The van der Waals surface area contributed by atoms with Crippen LogP contribution in [-0.2, 0) is 16.4 Å². The molecule has 0 unspecified atom stereocenters. The molecule has 0 saturated carbocycles. The zero-order chi connectivity index (χ0) is 15.0. The van der Waals surface area contributed by atoms with Crippen molar-refractivity contribution in [3.8, 4) is 0 Å². The monoisotopic (exact) mass is 363 g/mol. The molecule has 0 aliphatic carbocycles. The molecule has 3 rings (SSSR count). The third-order valence-corrected chi connectivity index (χ3v) is 5.94. The molecular formula is C16H14BrNO2S. The molecular weight excluding hydrogens is 350 g/mol. The molecule has 108 valence electrons. The van der Waals surface area contributed by atoms with Crippen LogP contribution in [0.25, 0.3) is 10.9 Å². The van der Waals surface area contributed by atoms with Gasteiger partial charge in [0.25, 0.3) is 10.0 Å². The summed E-state index contributed by atoms with van der Waals surface area (Å²) >= 11 is 3.49. The molecule has 2 aromatic carbocycles. The van der Waals surface area contributed by atoms with Gasteiger partial charge in [-0.05, 0) is 36.8 Å². The quantitative estimate of drug-likeness (QED) is 0.699. The van der Waals surface area contributed by atoms with Crippen LogP contribution >= 0.6 is 15.9 Å². The topological polar surface area (TPSA) is 39.1 Å². The number of aryl methyl sites for hydroxylation is 1. The molecule has 0 spiro atoms. The zero-order valence-corrected chi connectivity index (χ0v) is 13.9. The highest BCUT2D eigenvalue weighted by atomic mass is 79.9. The first-order valence-corrected chi connectivity index (χ1v) is 8.88. The number of rotatable bonds is 3. The summed E-state index contributed by atoms with van der Waals surface area (Å²) in [6.07, 6.45) is 0.646. The van der Waals surface area contributed by atoms with Gasteiger partial charge in [0.1, 0.15) is 0 Å². The predicted octanol–water partition coefficient (Wildman–Crippen LogP) is 4.20. The second-order valence-electron chi connectivity index (χ2n) is 4.74. The third-order valence-electron chi connectivity index (χ3n) is 3.46. The van der Waals surface area contributed by atoms with E-state index < -0.39 is 10.0 Å². The Labute approximate surface area is 132 Å². The number of hydrogen-bond acceptors (Lipinski definition) is 2. The summed E-state index contributed by atoms with van der Waals surface area (Å²) in [5, 5.41) is 0.911. The van der Waals surface area contributed by atoms with Crippen molar-refractivity contribution in [2.45, 2.75) is 18.2 Å². The number of halogens is 1. The lowest BCUT2D eigenvalue weighted by atomic mass is 10.2. The second-order valence-corrected chi connectivity index (χ2v) is 7.39. The number of nitrogens with zero attached hydrogens (tertiary/aromatic N) is 1. The van der Waals surface area contributed by atoms with Gasteiger partial charge in [-0.3, -0.25) is 0 Å². The molecule has 1 aromatic heterocycles. The predicted molar refractivity (Wildman–Crippen MR) is 88.0 cm³/mol. The van der Waals surface area contributed by atoms with E-state index in [1.165, 1.54) is 3.97 Å². The summed E-state index contributed by atoms with van der Waals surface area (Å²) in [5.41, 5.74) is 1.48. The van der Waals surface area contributed by atoms with Crippen LogP contribution < -0.4 is 0 Å². The van der Waals surface area contributed by atoms with E-state index in [0.29, 0.717) is 16.8 Å². The van der Waals surface area contributed by atoms with Crippen LogP contribution in [0.4, 0.5) is 0 Å². The summed E-state index contributed by atoms with van der Waals surface area (Å²) in [4.78, 5) is 0.303. The van der Waals surface area contributed by atoms with Crippen LogP contribution in [0, 0.1) is 0 Å². The van der Waals surface area contributed by atoms with Crippen LogP contribution in [-0.4, -0.2) is 12.4 Å². The lowest BCUT2D eigenvalue weighted by Gasteiger charge is -2.11. The van der Waals surface area contributed by atoms with Crippen molar-refractivity contribution in [1.82, 2.24) is 3.97 Å².